The zero-order valence-corrected chi connectivity index (χ0v) is 28.8. The number of amides is 3. The lowest BCUT2D eigenvalue weighted by molar-refractivity contribution is -0.000511. The van der Waals surface area contributed by atoms with Gasteiger partial charge in [-0.25, -0.2) is 9.37 Å². The molecular weight excluding hydrogens is 668 g/mol. The molecule has 0 unspecified atom stereocenters. The van der Waals surface area contributed by atoms with E-state index in [-0.39, 0.29) is 35.1 Å². The van der Waals surface area contributed by atoms with Gasteiger partial charge in [-0.2, -0.15) is 0 Å². The Morgan fingerprint density at radius 1 is 0.902 bits per heavy atom. The number of benzene rings is 2. The average Bonchev–Trinajstić information content (AvgIpc) is 3.37. The van der Waals surface area contributed by atoms with Crippen molar-refractivity contribution in [3.05, 3.63) is 118 Å². The van der Waals surface area contributed by atoms with E-state index in [1.807, 2.05) is 19.1 Å². The van der Waals surface area contributed by atoms with E-state index in [0.29, 0.717) is 50.1 Å². The van der Waals surface area contributed by atoms with E-state index in [4.69, 9.17) is 4.74 Å². The number of aryl methyl sites for hydroxylation is 1. The van der Waals surface area contributed by atoms with Gasteiger partial charge in [-0.3, -0.25) is 19.4 Å². The summed E-state index contributed by atoms with van der Waals surface area (Å²) in [6.07, 6.45) is 5.61. The number of nitrogens with one attached hydrogen (secondary N) is 2. The van der Waals surface area contributed by atoms with Crippen molar-refractivity contribution in [3.8, 4) is 10.6 Å². The molecule has 3 aliphatic heterocycles. The Bertz CT molecular complexity index is 2140. The number of para-hydroxylation sites is 1. The molecule has 8 rings (SSSR count). The van der Waals surface area contributed by atoms with Crippen LogP contribution >= 0.6 is 11.3 Å². The van der Waals surface area contributed by atoms with Crippen molar-refractivity contribution in [2.75, 3.05) is 53.3 Å². The maximum atomic E-state index is 15.8. The van der Waals surface area contributed by atoms with Gasteiger partial charge in [-0.1, -0.05) is 18.2 Å². The maximum Gasteiger partial charge on any atom is 0.268 e. The quantitative estimate of drug-likeness (QED) is 0.196. The first-order valence-electron chi connectivity index (χ1n) is 16.9. The van der Waals surface area contributed by atoms with Gasteiger partial charge >= 0.3 is 0 Å². The van der Waals surface area contributed by atoms with Crippen LogP contribution in [0.5, 0.6) is 0 Å². The molecule has 0 atom stereocenters. The summed E-state index contributed by atoms with van der Waals surface area (Å²) >= 11 is 1.03. The molecule has 12 heteroatoms. The molecule has 5 aromatic rings. The minimum atomic E-state index is -0.599. The summed E-state index contributed by atoms with van der Waals surface area (Å²) in [7, 11) is 0. The van der Waals surface area contributed by atoms with Crippen LogP contribution in [-0.2, 0) is 11.2 Å². The number of ether oxygens (including phenoxy) is 1. The first-order chi connectivity index (χ1) is 24.8. The largest absolute Gasteiger partial charge is 0.381 e. The molecule has 258 valence electrons. The van der Waals surface area contributed by atoms with Crippen LogP contribution < -0.4 is 20.4 Å². The van der Waals surface area contributed by atoms with Crippen molar-refractivity contribution in [3.63, 3.8) is 0 Å². The minimum absolute atomic E-state index is 0.0282. The number of thiophene rings is 1. The van der Waals surface area contributed by atoms with Gasteiger partial charge in [0.05, 0.1) is 16.1 Å². The van der Waals surface area contributed by atoms with Gasteiger partial charge in [0, 0.05) is 73.2 Å². The molecule has 2 fully saturated rings. The second-order valence-electron chi connectivity index (χ2n) is 13.3. The van der Waals surface area contributed by atoms with Gasteiger partial charge in [0.1, 0.15) is 16.4 Å². The van der Waals surface area contributed by atoms with Crippen molar-refractivity contribution in [2.24, 2.45) is 5.41 Å². The fourth-order valence-corrected chi connectivity index (χ4v) is 8.25. The SMILES string of the molecule is Cc1cnc(N2CC3(CCOCC3)C2)c(C(=O)Nc2ccc(C(=O)N3CCc4c(sc(C(=O)Nc5ccccc5)c4F)-c4ncccc43)cc2)c1. The molecule has 3 aliphatic rings. The van der Waals surface area contributed by atoms with Crippen LogP contribution in [0.2, 0.25) is 0 Å². The van der Waals surface area contributed by atoms with Crippen LogP contribution in [0.4, 0.5) is 27.3 Å². The topological polar surface area (TPSA) is 117 Å². The van der Waals surface area contributed by atoms with Gasteiger partial charge in [-0.15, -0.1) is 11.3 Å². The molecule has 0 aliphatic carbocycles. The third-order valence-electron chi connectivity index (χ3n) is 9.85. The Morgan fingerprint density at radius 3 is 2.39 bits per heavy atom. The number of halogens is 1. The highest BCUT2D eigenvalue weighted by molar-refractivity contribution is 7.17. The molecule has 1 spiro atoms. The lowest BCUT2D eigenvalue weighted by atomic mass is 9.73. The van der Waals surface area contributed by atoms with Crippen molar-refractivity contribution >= 4 is 51.9 Å². The normalized spacial score (nSPS) is 16.0. The second-order valence-corrected chi connectivity index (χ2v) is 14.4. The Labute approximate surface area is 298 Å². The smallest absolute Gasteiger partial charge is 0.268 e. The standard InChI is InChI=1S/C39H35FN6O4S/c1-24-20-29(35(42-21-24)45-22-39(23-45)14-18-50-19-15-39)36(47)43-27-11-9-25(10-12-27)38(49)46-17-13-28-31(40)34(37(48)44-26-6-3-2-4-7-26)51-33(28)32-30(46)8-5-16-41-32/h2-12,16,20-21H,13-15,17-19,22-23H2,1H3,(H,43,47)(H,44,48). The third kappa shape index (κ3) is 6.25. The summed E-state index contributed by atoms with van der Waals surface area (Å²) in [6.45, 7) is 5.34. The van der Waals surface area contributed by atoms with E-state index in [1.54, 1.807) is 78.0 Å². The first-order valence-corrected chi connectivity index (χ1v) is 17.8. The molecule has 0 bridgehead atoms. The first kappa shape index (κ1) is 32.7. The van der Waals surface area contributed by atoms with Gasteiger partial charge in [0.2, 0.25) is 0 Å². The molecule has 3 aromatic heterocycles. The van der Waals surface area contributed by atoms with E-state index in [2.05, 4.69) is 25.5 Å². The molecule has 2 aromatic carbocycles. The van der Waals surface area contributed by atoms with E-state index >= 15 is 4.39 Å². The lowest BCUT2D eigenvalue weighted by Crippen LogP contribution is -2.59. The highest BCUT2D eigenvalue weighted by Crippen LogP contribution is 2.44. The van der Waals surface area contributed by atoms with Gasteiger partial charge in [-0.05, 0) is 86.3 Å². The molecule has 3 amide bonds. The maximum absolute atomic E-state index is 15.8. The second kappa shape index (κ2) is 13.3. The van der Waals surface area contributed by atoms with Crippen LogP contribution in [0.1, 0.15) is 54.4 Å². The fourth-order valence-electron chi connectivity index (χ4n) is 7.12. The highest BCUT2D eigenvalue weighted by atomic mass is 32.1. The summed E-state index contributed by atoms with van der Waals surface area (Å²) in [5.74, 6) is -1.02. The zero-order valence-electron chi connectivity index (χ0n) is 27.9. The van der Waals surface area contributed by atoms with Crippen LogP contribution in [0.25, 0.3) is 10.6 Å². The predicted molar refractivity (Wildman–Crippen MR) is 195 cm³/mol. The Hall–Kier alpha value is -5.46. The Kier molecular flexibility index (Phi) is 8.56. The molecule has 10 nitrogen and oxygen atoms in total. The third-order valence-corrected chi connectivity index (χ3v) is 11.1. The molecule has 6 heterocycles. The molecule has 2 saturated heterocycles. The van der Waals surface area contributed by atoms with E-state index in [0.717, 1.165) is 56.0 Å². The fraction of sp³-hybridized carbons (Fsp3) is 0.256. The monoisotopic (exact) mass is 702 g/mol. The van der Waals surface area contributed by atoms with Crippen molar-refractivity contribution in [1.82, 2.24) is 9.97 Å². The van der Waals surface area contributed by atoms with Crippen LogP contribution in [0, 0.1) is 18.2 Å². The van der Waals surface area contributed by atoms with Gasteiger partial charge in [0.15, 0.2) is 5.82 Å². The van der Waals surface area contributed by atoms with E-state index < -0.39 is 11.7 Å². The summed E-state index contributed by atoms with van der Waals surface area (Å²) < 4.78 is 21.4. The molecule has 51 heavy (non-hydrogen) atoms. The van der Waals surface area contributed by atoms with Gasteiger partial charge in [0.25, 0.3) is 17.7 Å². The molecule has 2 N–H and O–H groups in total. The predicted octanol–water partition coefficient (Wildman–Crippen LogP) is 6.98. The van der Waals surface area contributed by atoms with E-state index in [1.165, 1.54) is 0 Å². The number of rotatable bonds is 6. The van der Waals surface area contributed by atoms with Crippen molar-refractivity contribution < 1.29 is 23.5 Å². The van der Waals surface area contributed by atoms with Crippen LogP contribution in [0.3, 0.4) is 0 Å². The number of carbonyl (C=O) groups excluding carboxylic acids is 3. The number of hydrogen-bond acceptors (Lipinski definition) is 8. The number of carbonyl (C=O) groups is 3. The zero-order chi connectivity index (χ0) is 35.1. The van der Waals surface area contributed by atoms with Gasteiger partial charge < -0.3 is 25.2 Å². The summed E-state index contributed by atoms with van der Waals surface area (Å²) in [4.78, 5) is 54.0. The number of nitrogens with zero attached hydrogens (tertiary/aromatic N) is 4. The number of pyridine rings is 2. The highest BCUT2D eigenvalue weighted by Gasteiger charge is 2.45. The van der Waals surface area contributed by atoms with Crippen LogP contribution in [0.15, 0.2) is 85.2 Å². The van der Waals surface area contributed by atoms with Crippen molar-refractivity contribution in [2.45, 2.75) is 26.2 Å². The lowest BCUT2D eigenvalue weighted by Gasteiger charge is -2.53. The average molecular weight is 703 g/mol. The molecule has 0 radical (unpaired) electrons. The Balaban J connectivity index is 0.987. The number of aromatic nitrogens is 2. The number of hydrogen-bond donors (Lipinski definition) is 2. The molecular formula is C39H35FN6O4S. The molecule has 0 saturated carbocycles. The number of anilines is 4. The summed E-state index contributed by atoms with van der Waals surface area (Å²) in [5.41, 5.74) is 4.46. The van der Waals surface area contributed by atoms with Crippen LogP contribution in [-0.4, -0.2) is 60.5 Å². The van der Waals surface area contributed by atoms with Crippen molar-refractivity contribution in [1.29, 1.82) is 0 Å². The minimum Gasteiger partial charge on any atom is -0.381 e. The summed E-state index contributed by atoms with van der Waals surface area (Å²) in [6, 6.07) is 21.0. The Morgan fingerprint density at radius 2 is 1.63 bits per heavy atom. The van der Waals surface area contributed by atoms with E-state index in [9.17, 15) is 14.4 Å². The number of fused-ring (bicyclic) bond motifs is 3. The summed E-state index contributed by atoms with van der Waals surface area (Å²) in [5, 5.41) is 5.74.